The molecule has 110 valence electrons. The summed E-state index contributed by atoms with van der Waals surface area (Å²) in [6.45, 7) is 3.33. The van der Waals surface area contributed by atoms with Crippen LogP contribution in [0, 0.1) is 0 Å². The Morgan fingerprint density at radius 2 is 2.00 bits per heavy atom. The lowest BCUT2D eigenvalue weighted by molar-refractivity contribution is -0.133. The molecule has 0 bridgehead atoms. The Hall–Kier alpha value is -1.39. The van der Waals surface area contributed by atoms with Gasteiger partial charge in [0.05, 0.1) is 6.04 Å². The van der Waals surface area contributed by atoms with Gasteiger partial charge >= 0.3 is 0 Å². The Morgan fingerprint density at radius 1 is 1.25 bits per heavy atom. The third-order valence-corrected chi connectivity index (χ3v) is 3.70. The lowest BCUT2D eigenvalue weighted by atomic mass is 10.1. The quantitative estimate of drug-likeness (QED) is 0.851. The van der Waals surface area contributed by atoms with Gasteiger partial charge in [-0.2, -0.15) is 0 Å². The van der Waals surface area contributed by atoms with Crippen molar-refractivity contribution >= 4 is 5.91 Å². The summed E-state index contributed by atoms with van der Waals surface area (Å²) in [6.07, 6.45) is 2.06. The fourth-order valence-corrected chi connectivity index (χ4v) is 2.51. The molecular weight excluding hydrogens is 250 g/mol. The average Bonchev–Trinajstić information content (AvgIpc) is 2.97. The summed E-state index contributed by atoms with van der Waals surface area (Å²) in [7, 11) is 4.08. The third kappa shape index (κ3) is 4.32. The molecule has 1 unspecified atom stereocenters. The van der Waals surface area contributed by atoms with Gasteiger partial charge in [0.2, 0.25) is 5.91 Å². The average molecular weight is 275 g/mol. The minimum absolute atomic E-state index is 0.0147. The zero-order chi connectivity index (χ0) is 14.4. The summed E-state index contributed by atoms with van der Waals surface area (Å²) < 4.78 is 0. The maximum absolute atomic E-state index is 12.6. The number of nitrogens with one attached hydrogen (secondary N) is 1. The molecule has 0 aromatic heterocycles. The molecule has 4 heteroatoms. The summed E-state index contributed by atoms with van der Waals surface area (Å²) in [5.41, 5.74) is 1.19. The second kappa shape index (κ2) is 7.41. The molecule has 2 rings (SSSR count). The standard InChI is InChI=1S/C16H25N3O/c1-18(2)11-12-19(13-14-7-4-3-5-8-14)16(20)15-9-6-10-17-15/h3-5,7-8,15,17H,6,9-13H2,1-2H3. The van der Waals surface area contributed by atoms with E-state index in [-0.39, 0.29) is 11.9 Å². The molecule has 1 aromatic rings. The van der Waals surface area contributed by atoms with Crippen LogP contribution in [-0.4, -0.2) is 55.5 Å². The Labute approximate surface area is 121 Å². The molecule has 1 atom stereocenters. The normalized spacial score (nSPS) is 18.4. The van der Waals surface area contributed by atoms with Crippen LogP contribution in [0.25, 0.3) is 0 Å². The van der Waals surface area contributed by atoms with Gasteiger partial charge in [-0.1, -0.05) is 30.3 Å². The van der Waals surface area contributed by atoms with Crippen molar-refractivity contribution in [3.8, 4) is 0 Å². The number of hydrogen-bond donors (Lipinski definition) is 1. The Bertz CT molecular complexity index is 413. The smallest absolute Gasteiger partial charge is 0.240 e. The maximum atomic E-state index is 12.6. The molecule has 1 aliphatic rings. The maximum Gasteiger partial charge on any atom is 0.240 e. The van der Waals surface area contributed by atoms with Crippen molar-refractivity contribution in [2.45, 2.75) is 25.4 Å². The number of likely N-dealkylation sites (N-methyl/N-ethyl adjacent to an activating group) is 1. The van der Waals surface area contributed by atoms with Gasteiger partial charge in [0.25, 0.3) is 0 Å². The molecular formula is C16H25N3O. The van der Waals surface area contributed by atoms with Crippen molar-refractivity contribution in [2.75, 3.05) is 33.7 Å². The number of hydrogen-bond acceptors (Lipinski definition) is 3. The van der Waals surface area contributed by atoms with Gasteiger partial charge in [-0.15, -0.1) is 0 Å². The Balaban J connectivity index is 2.01. The monoisotopic (exact) mass is 275 g/mol. The molecule has 1 N–H and O–H groups in total. The molecule has 1 heterocycles. The minimum atomic E-state index is 0.0147. The van der Waals surface area contributed by atoms with E-state index in [0.717, 1.165) is 32.5 Å². The Morgan fingerprint density at radius 3 is 2.60 bits per heavy atom. The zero-order valence-corrected chi connectivity index (χ0v) is 12.5. The molecule has 20 heavy (non-hydrogen) atoms. The molecule has 4 nitrogen and oxygen atoms in total. The number of amides is 1. The van der Waals surface area contributed by atoms with Gasteiger partial charge in [-0.3, -0.25) is 4.79 Å². The second-order valence-corrected chi connectivity index (χ2v) is 5.70. The van der Waals surface area contributed by atoms with Gasteiger partial charge in [-0.25, -0.2) is 0 Å². The first-order valence-corrected chi connectivity index (χ1v) is 7.37. The minimum Gasteiger partial charge on any atom is -0.336 e. The van der Waals surface area contributed by atoms with Gasteiger partial charge in [0.1, 0.15) is 0 Å². The van der Waals surface area contributed by atoms with Crippen LogP contribution in [0.5, 0.6) is 0 Å². The van der Waals surface area contributed by atoms with Crippen LogP contribution in [0.2, 0.25) is 0 Å². The molecule has 0 saturated carbocycles. The SMILES string of the molecule is CN(C)CCN(Cc1ccccc1)C(=O)C1CCCN1. The first-order valence-electron chi connectivity index (χ1n) is 7.37. The molecule has 1 saturated heterocycles. The molecule has 0 spiro atoms. The number of carbonyl (C=O) groups excluding carboxylic acids is 1. The highest BCUT2D eigenvalue weighted by atomic mass is 16.2. The van der Waals surface area contributed by atoms with E-state index in [1.807, 2.05) is 37.2 Å². The van der Waals surface area contributed by atoms with Crippen molar-refractivity contribution < 1.29 is 4.79 Å². The van der Waals surface area contributed by atoms with E-state index in [1.165, 1.54) is 5.56 Å². The highest BCUT2D eigenvalue weighted by Gasteiger charge is 2.26. The van der Waals surface area contributed by atoms with Crippen molar-refractivity contribution in [2.24, 2.45) is 0 Å². The second-order valence-electron chi connectivity index (χ2n) is 5.70. The Kier molecular flexibility index (Phi) is 5.56. The summed E-state index contributed by atoms with van der Waals surface area (Å²) in [6, 6.07) is 10.2. The number of rotatable bonds is 6. The van der Waals surface area contributed by atoms with Crippen LogP contribution < -0.4 is 5.32 Å². The van der Waals surface area contributed by atoms with Gasteiger partial charge in [0, 0.05) is 19.6 Å². The van der Waals surface area contributed by atoms with Crippen molar-refractivity contribution in [1.29, 1.82) is 0 Å². The number of carbonyl (C=O) groups is 1. The van der Waals surface area contributed by atoms with E-state index in [4.69, 9.17) is 0 Å². The van der Waals surface area contributed by atoms with Gasteiger partial charge < -0.3 is 15.1 Å². The fraction of sp³-hybridized carbons (Fsp3) is 0.562. The van der Waals surface area contributed by atoms with Crippen LogP contribution in [0.15, 0.2) is 30.3 Å². The first kappa shape index (κ1) is 15.0. The van der Waals surface area contributed by atoms with Gasteiger partial charge in [-0.05, 0) is 39.0 Å². The summed E-state index contributed by atoms with van der Waals surface area (Å²) in [4.78, 5) is 16.7. The predicted molar refractivity (Wildman–Crippen MR) is 81.4 cm³/mol. The van der Waals surface area contributed by atoms with Crippen LogP contribution in [0.3, 0.4) is 0 Å². The van der Waals surface area contributed by atoms with Crippen molar-refractivity contribution in [3.05, 3.63) is 35.9 Å². The van der Waals surface area contributed by atoms with E-state index >= 15 is 0 Å². The largest absolute Gasteiger partial charge is 0.336 e. The lowest BCUT2D eigenvalue weighted by Gasteiger charge is -2.27. The van der Waals surface area contributed by atoms with E-state index < -0.39 is 0 Å². The first-order chi connectivity index (χ1) is 9.66. The van der Waals surface area contributed by atoms with Crippen molar-refractivity contribution in [1.82, 2.24) is 15.1 Å². The van der Waals surface area contributed by atoms with Gasteiger partial charge in [0.15, 0.2) is 0 Å². The molecule has 0 radical (unpaired) electrons. The highest BCUT2D eigenvalue weighted by molar-refractivity contribution is 5.82. The van der Waals surface area contributed by atoms with E-state index in [1.54, 1.807) is 0 Å². The highest BCUT2D eigenvalue weighted by Crippen LogP contribution is 2.12. The molecule has 1 amide bonds. The van der Waals surface area contributed by atoms with E-state index in [9.17, 15) is 4.79 Å². The summed E-state index contributed by atoms with van der Waals surface area (Å²) in [5, 5.41) is 3.31. The molecule has 1 aromatic carbocycles. The molecule has 1 aliphatic heterocycles. The summed E-state index contributed by atoms with van der Waals surface area (Å²) in [5.74, 6) is 0.244. The summed E-state index contributed by atoms with van der Waals surface area (Å²) >= 11 is 0. The van der Waals surface area contributed by atoms with Crippen LogP contribution in [0.1, 0.15) is 18.4 Å². The topological polar surface area (TPSA) is 35.6 Å². The molecule has 0 aliphatic carbocycles. The number of benzene rings is 1. The van der Waals surface area contributed by atoms with Crippen molar-refractivity contribution in [3.63, 3.8) is 0 Å². The predicted octanol–water partition coefficient (Wildman–Crippen LogP) is 1.33. The fourth-order valence-electron chi connectivity index (χ4n) is 2.51. The lowest BCUT2D eigenvalue weighted by Crippen LogP contribution is -2.45. The van der Waals surface area contributed by atoms with Crippen LogP contribution in [0.4, 0.5) is 0 Å². The van der Waals surface area contributed by atoms with Crippen LogP contribution >= 0.6 is 0 Å². The third-order valence-electron chi connectivity index (χ3n) is 3.70. The van der Waals surface area contributed by atoms with Crippen LogP contribution in [-0.2, 0) is 11.3 Å². The van der Waals surface area contributed by atoms with E-state index in [2.05, 4.69) is 22.3 Å². The zero-order valence-electron chi connectivity index (χ0n) is 12.5. The molecule has 1 fully saturated rings. The van der Waals surface area contributed by atoms with E-state index in [0.29, 0.717) is 6.54 Å². The number of nitrogens with zero attached hydrogens (tertiary/aromatic N) is 2.